The summed E-state index contributed by atoms with van der Waals surface area (Å²) >= 11 is 0. The second-order valence-electron chi connectivity index (χ2n) is 7.89. The Morgan fingerprint density at radius 2 is 1.97 bits per heavy atom. The van der Waals surface area contributed by atoms with Crippen LogP contribution < -0.4 is 19.7 Å². The molecule has 1 N–H and O–H groups in total. The van der Waals surface area contributed by atoms with Gasteiger partial charge in [0.15, 0.2) is 11.5 Å². The zero-order valence-corrected chi connectivity index (χ0v) is 19.1. The molecule has 1 aliphatic rings. The third kappa shape index (κ3) is 5.70. The molecule has 31 heavy (non-hydrogen) atoms. The molecule has 0 aliphatic carbocycles. The predicted octanol–water partition coefficient (Wildman–Crippen LogP) is 3.30. The fourth-order valence-electron chi connectivity index (χ4n) is 4.11. The van der Waals surface area contributed by atoms with Crippen LogP contribution in [0.2, 0.25) is 0 Å². The van der Waals surface area contributed by atoms with Crippen LogP contribution in [0.5, 0.6) is 11.5 Å². The lowest BCUT2D eigenvalue weighted by molar-refractivity contribution is 0.210. The van der Waals surface area contributed by atoms with Gasteiger partial charge >= 0.3 is 6.03 Å². The van der Waals surface area contributed by atoms with E-state index in [0.717, 1.165) is 56.8 Å². The van der Waals surface area contributed by atoms with Crippen molar-refractivity contribution in [1.82, 2.24) is 19.8 Å². The van der Waals surface area contributed by atoms with E-state index in [-0.39, 0.29) is 12.1 Å². The molecule has 3 rings (SSSR count). The van der Waals surface area contributed by atoms with Crippen LogP contribution in [-0.4, -0.2) is 66.9 Å². The number of nitrogens with one attached hydrogen (secondary N) is 1. The fraction of sp³-hybridized carbons (Fsp3) is 0.565. The molecule has 0 unspecified atom stereocenters. The molecule has 1 saturated heterocycles. The number of ether oxygens (including phenoxy) is 2. The lowest BCUT2D eigenvalue weighted by Gasteiger charge is -2.38. The number of carbonyl (C=O) groups is 1. The molecule has 0 saturated carbocycles. The van der Waals surface area contributed by atoms with Crippen molar-refractivity contribution in [2.75, 3.05) is 45.3 Å². The third-order valence-corrected chi connectivity index (χ3v) is 6.01. The van der Waals surface area contributed by atoms with Crippen LogP contribution in [0.15, 0.2) is 30.7 Å². The molecule has 1 aromatic heterocycles. The number of imidazole rings is 1. The smallest absolute Gasteiger partial charge is 0.322 e. The van der Waals surface area contributed by atoms with Crippen molar-refractivity contribution >= 4 is 11.7 Å². The van der Waals surface area contributed by atoms with Crippen LogP contribution in [-0.2, 0) is 6.54 Å². The van der Waals surface area contributed by atoms with Gasteiger partial charge in [0.05, 0.1) is 20.5 Å². The normalized spacial score (nSPS) is 15.0. The van der Waals surface area contributed by atoms with Crippen molar-refractivity contribution in [3.05, 3.63) is 36.4 Å². The molecule has 2 aromatic rings. The number of nitrogens with zero attached hydrogens (tertiary/aromatic N) is 4. The Hall–Kier alpha value is -2.74. The Bertz CT molecular complexity index is 845. The largest absolute Gasteiger partial charge is 0.493 e. The molecule has 1 aromatic carbocycles. The van der Waals surface area contributed by atoms with Crippen LogP contribution >= 0.6 is 0 Å². The molecule has 1 aliphatic heterocycles. The van der Waals surface area contributed by atoms with Gasteiger partial charge in [-0.1, -0.05) is 6.92 Å². The molecule has 8 heteroatoms. The van der Waals surface area contributed by atoms with Gasteiger partial charge in [0, 0.05) is 55.9 Å². The van der Waals surface area contributed by atoms with E-state index in [4.69, 9.17) is 9.47 Å². The van der Waals surface area contributed by atoms with Crippen molar-refractivity contribution in [1.29, 1.82) is 0 Å². The Labute approximate surface area is 185 Å². The van der Waals surface area contributed by atoms with E-state index in [9.17, 15) is 4.79 Å². The van der Waals surface area contributed by atoms with E-state index in [1.807, 2.05) is 42.5 Å². The number of carbonyl (C=O) groups excluding carboxylic acids is 1. The summed E-state index contributed by atoms with van der Waals surface area (Å²) in [5.41, 5.74) is 1.96. The maximum atomic E-state index is 13.3. The van der Waals surface area contributed by atoms with Crippen LogP contribution in [0, 0.1) is 6.92 Å². The van der Waals surface area contributed by atoms with E-state index in [2.05, 4.69) is 26.7 Å². The lowest BCUT2D eigenvalue weighted by atomic mass is 10.0. The van der Waals surface area contributed by atoms with E-state index < -0.39 is 0 Å². The standard InChI is InChI=1S/C23H35N5O3/c1-5-26-13-9-19(10-14-26)28(20-7-8-21(30-3)22(15-20)31-4)23(29)25-11-6-12-27-17-24-16-18(27)2/h7-8,15-17,19H,5-6,9-14H2,1-4H3,(H,25,29). The number of amides is 2. The number of aryl methyl sites for hydroxylation is 2. The first kappa shape index (κ1) is 22.9. The van der Waals surface area contributed by atoms with Crippen LogP contribution in [0.25, 0.3) is 0 Å². The minimum absolute atomic E-state index is 0.0653. The highest BCUT2D eigenvalue weighted by Crippen LogP contribution is 2.33. The first-order valence-electron chi connectivity index (χ1n) is 11.1. The predicted molar refractivity (Wildman–Crippen MR) is 122 cm³/mol. The summed E-state index contributed by atoms with van der Waals surface area (Å²) in [6.45, 7) is 8.69. The number of rotatable bonds is 9. The monoisotopic (exact) mass is 429 g/mol. The Morgan fingerprint density at radius 1 is 1.23 bits per heavy atom. The number of hydrogen-bond donors (Lipinski definition) is 1. The minimum Gasteiger partial charge on any atom is -0.493 e. The Kier molecular flexibility index (Phi) is 8.17. The molecule has 2 heterocycles. The van der Waals surface area contributed by atoms with Gasteiger partial charge in [0.1, 0.15) is 0 Å². The van der Waals surface area contributed by atoms with Crippen molar-refractivity contribution in [3.8, 4) is 11.5 Å². The lowest BCUT2D eigenvalue weighted by Crippen LogP contribution is -2.51. The summed E-state index contributed by atoms with van der Waals surface area (Å²) in [7, 11) is 3.23. The maximum Gasteiger partial charge on any atom is 0.322 e. The highest BCUT2D eigenvalue weighted by Gasteiger charge is 2.29. The molecule has 1 fully saturated rings. The van der Waals surface area contributed by atoms with Crippen LogP contribution in [0.4, 0.5) is 10.5 Å². The molecule has 8 nitrogen and oxygen atoms in total. The van der Waals surface area contributed by atoms with Gasteiger partial charge in [-0.15, -0.1) is 0 Å². The fourth-order valence-corrected chi connectivity index (χ4v) is 4.11. The van der Waals surface area contributed by atoms with E-state index in [1.54, 1.807) is 14.2 Å². The Balaban J connectivity index is 1.70. The van der Waals surface area contributed by atoms with Crippen molar-refractivity contribution in [3.63, 3.8) is 0 Å². The molecular formula is C23H35N5O3. The molecule has 0 spiro atoms. The van der Waals surface area contributed by atoms with Gasteiger partial charge in [0.25, 0.3) is 0 Å². The summed E-state index contributed by atoms with van der Waals surface area (Å²) in [6.07, 6.45) is 6.42. The number of aromatic nitrogens is 2. The highest BCUT2D eigenvalue weighted by molar-refractivity contribution is 5.93. The average molecular weight is 430 g/mol. The van der Waals surface area contributed by atoms with E-state index >= 15 is 0 Å². The SMILES string of the molecule is CCN1CCC(N(C(=O)NCCCn2cncc2C)c2ccc(OC)c(OC)c2)CC1. The summed E-state index contributed by atoms with van der Waals surface area (Å²) in [4.78, 5) is 21.8. The third-order valence-electron chi connectivity index (χ3n) is 6.01. The first-order valence-corrected chi connectivity index (χ1v) is 11.1. The van der Waals surface area contributed by atoms with Gasteiger partial charge in [-0.3, -0.25) is 4.90 Å². The second-order valence-corrected chi connectivity index (χ2v) is 7.89. The first-order chi connectivity index (χ1) is 15.1. The Morgan fingerprint density at radius 3 is 2.58 bits per heavy atom. The molecule has 0 bridgehead atoms. The second kappa shape index (κ2) is 11.0. The molecule has 170 valence electrons. The summed E-state index contributed by atoms with van der Waals surface area (Å²) < 4.78 is 12.9. The quantitative estimate of drug-likeness (QED) is 0.620. The molecular weight excluding hydrogens is 394 g/mol. The number of urea groups is 1. The van der Waals surface area contributed by atoms with E-state index in [1.165, 1.54) is 0 Å². The van der Waals surface area contributed by atoms with Crippen molar-refractivity contribution in [2.45, 2.75) is 45.7 Å². The summed E-state index contributed by atoms with van der Waals surface area (Å²) in [6, 6.07) is 5.76. The average Bonchev–Trinajstić information content (AvgIpc) is 3.21. The van der Waals surface area contributed by atoms with Gasteiger partial charge in [-0.05, 0) is 44.9 Å². The minimum atomic E-state index is -0.0653. The number of methoxy groups -OCH3 is 2. The van der Waals surface area contributed by atoms with Crippen molar-refractivity contribution in [2.24, 2.45) is 0 Å². The van der Waals surface area contributed by atoms with Gasteiger partial charge in [-0.25, -0.2) is 9.78 Å². The van der Waals surface area contributed by atoms with Crippen LogP contribution in [0.3, 0.4) is 0 Å². The number of piperidine rings is 1. The molecule has 2 amide bonds. The maximum absolute atomic E-state index is 13.3. The zero-order valence-electron chi connectivity index (χ0n) is 19.1. The van der Waals surface area contributed by atoms with E-state index in [0.29, 0.717) is 18.0 Å². The van der Waals surface area contributed by atoms with Gasteiger partial charge in [0.2, 0.25) is 0 Å². The zero-order chi connectivity index (χ0) is 22.2. The topological polar surface area (TPSA) is 71.9 Å². The highest BCUT2D eigenvalue weighted by atomic mass is 16.5. The van der Waals surface area contributed by atoms with Crippen LogP contribution in [0.1, 0.15) is 31.9 Å². The number of anilines is 1. The molecule has 0 atom stereocenters. The number of hydrogen-bond acceptors (Lipinski definition) is 5. The summed E-state index contributed by atoms with van der Waals surface area (Å²) in [5.74, 6) is 1.28. The number of likely N-dealkylation sites (tertiary alicyclic amines) is 1. The number of benzene rings is 1. The summed E-state index contributed by atoms with van der Waals surface area (Å²) in [5, 5.41) is 3.12. The molecule has 0 radical (unpaired) electrons. The van der Waals surface area contributed by atoms with Crippen molar-refractivity contribution < 1.29 is 14.3 Å². The van der Waals surface area contributed by atoms with Gasteiger partial charge in [-0.2, -0.15) is 0 Å². The van der Waals surface area contributed by atoms with Gasteiger partial charge < -0.3 is 24.3 Å².